The third-order valence-corrected chi connectivity index (χ3v) is 4.26. The molecule has 22 heavy (non-hydrogen) atoms. The molecule has 1 aliphatic carbocycles. The maximum absolute atomic E-state index is 14.1. The summed E-state index contributed by atoms with van der Waals surface area (Å²) in [5, 5.41) is 3.21. The second-order valence-corrected chi connectivity index (χ2v) is 6.40. The maximum atomic E-state index is 14.1. The van der Waals surface area contributed by atoms with E-state index in [9.17, 15) is 4.39 Å². The number of benzene rings is 1. The van der Waals surface area contributed by atoms with Crippen LogP contribution in [0.1, 0.15) is 56.7 Å². The van der Waals surface area contributed by atoms with Crippen molar-refractivity contribution in [3.8, 4) is 0 Å². The Morgan fingerprint density at radius 1 is 1.27 bits per heavy atom. The van der Waals surface area contributed by atoms with Gasteiger partial charge in [-0.1, -0.05) is 12.1 Å². The maximum Gasteiger partial charge on any atom is 0.221 e. The number of halogens is 1. The number of guanidine groups is 1. The molecule has 1 N–H and O–H groups in total. The van der Waals surface area contributed by atoms with Crippen LogP contribution >= 0.6 is 0 Å². The summed E-state index contributed by atoms with van der Waals surface area (Å²) in [4.78, 5) is 10.8. The molecule has 0 aromatic heterocycles. The summed E-state index contributed by atoms with van der Waals surface area (Å²) >= 11 is 0. The molecule has 5 heteroatoms. The fourth-order valence-electron chi connectivity index (χ4n) is 2.57. The van der Waals surface area contributed by atoms with E-state index < -0.39 is 0 Å². The summed E-state index contributed by atoms with van der Waals surface area (Å²) in [6.45, 7) is 6.73. The van der Waals surface area contributed by atoms with Gasteiger partial charge in [0.2, 0.25) is 5.96 Å². The molecule has 1 fully saturated rings. The fraction of sp³-hybridized carbons (Fsp3) is 0.529. The highest BCUT2D eigenvalue weighted by Gasteiger charge is 2.25. The molecule has 0 saturated heterocycles. The van der Waals surface area contributed by atoms with E-state index >= 15 is 0 Å². The van der Waals surface area contributed by atoms with Gasteiger partial charge in [0.1, 0.15) is 12.5 Å². The van der Waals surface area contributed by atoms with Crippen molar-refractivity contribution < 1.29 is 4.39 Å². The lowest BCUT2D eigenvalue weighted by atomic mass is 10.0. The summed E-state index contributed by atoms with van der Waals surface area (Å²) in [6, 6.07) is 5.69. The number of nitrogens with zero attached hydrogens (tertiary/aromatic N) is 3. The average Bonchev–Trinajstić information content (AvgIpc) is 3.33. The van der Waals surface area contributed by atoms with E-state index in [0.717, 1.165) is 0 Å². The SMILES string of the molecule is CC(C)N1C=NC(N[C@@H](C)c2cc(C3CC3)ccc2F)=NC1. The monoisotopic (exact) mass is 302 g/mol. The van der Waals surface area contributed by atoms with Crippen LogP contribution < -0.4 is 5.32 Å². The van der Waals surface area contributed by atoms with Crippen molar-refractivity contribution in [3.05, 3.63) is 35.1 Å². The van der Waals surface area contributed by atoms with Crippen LogP contribution in [0.3, 0.4) is 0 Å². The zero-order chi connectivity index (χ0) is 15.7. The van der Waals surface area contributed by atoms with Gasteiger partial charge in [0.15, 0.2) is 0 Å². The Kier molecular flexibility index (Phi) is 4.14. The molecule has 1 aliphatic heterocycles. The fourth-order valence-corrected chi connectivity index (χ4v) is 2.57. The van der Waals surface area contributed by atoms with E-state index in [1.54, 1.807) is 12.4 Å². The lowest BCUT2D eigenvalue weighted by Crippen LogP contribution is -2.36. The van der Waals surface area contributed by atoms with Gasteiger partial charge in [0.25, 0.3) is 0 Å². The number of nitrogens with one attached hydrogen (secondary N) is 1. The van der Waals surface area contributed by atoms with Crippen LogP contribution in [0.4, 0.5) is 4.39 Å². The summed E-state index contributed by atoms with van der Waals surface area (Å²) in [5.74, 6) is 1.02. The lowest BCUT2D eigenvalue weighted by Gasteiger charge is -2.26. The summed E-state index contributed by atoms with van der Waals surface area (Å²) in [7, 11) is 0. The van der Waals surface area contributed by atoms with Crippen LogP contribution in [0.15, 0.2) is 28.2 Å². The van der Waals surface area contributed by atoms with Crippen LogP contribution in [0.25, 0.3) is 0 Å². The predicted molar refractivity (Wildman–Crippen MR) is 87.7 cm³/mol. The van der Waals surface area contributed by atoms with Crippen molar-refractivity contribution in [2.24, 2.45) is 9.98 Å². The third kappa shape index (κ3) is 3.29. The Hall–Kier alpha value is -1.91. The first-order valence-corrected chi connectivity index (χ1v) is 7.95. The Bertz CT molecular complexity index is 605. The number of aliphatic imine (C=N–C) groups is 2. The molecule has 2 aliphatic rings. The van der Waals surface area contributed by atoms with Crippen LogP contribution in [0, 0.1) is 5.82 Å². The van der Waals surface area contributed by atoms with Gasteiger partial charge in [0.05, 0.1) is 12.4 Å². The molecule has 0 spiro atoms. The molecule has 4 nitrogen and oxygen atoms in total. The summed E-state index contributed by atoms with van der Waals surface area (Å²) < 4.78 is 14.1. The van der Waals surface area contributed by atoms with Crippen LogP contribution in [-0.2, 0) is 0 Å². The summed E-state index contributed by atoms with van der Waals surface area (Å²) in [6.07, 6.45) is 4.23. The van der Waals surface area contributed by atoms with E-state index in [2.05, 4.69) is 29.1 Å². The van der Waals surface area contributed by atoms with Crippen molar-refractivity contribution in [2.75, 3.05) is 6.67 Å². The molecule has 1 heterocycles. The van der Waals surface area contributed by atoms with E-state index in [4.69, 9.17) is 0 Å². The van der Waals surface area contributed by atoms with E-state index in [0.29, 0.717) is 30.2 Å². The van der Waals surface area contributed by atoms with Crippen molar-refractivity contribution in [1.29, 1.82) is 0 Å². The molecular formula is C17H23FN4. The molecule has 0 amide bonds. The number of rotatable bonds is 4. The molecular weight excluding hydrogens is 279 g/mol. The minimum atomic E-state index is -0.173. The molecule has 1 aromatic carbocycles. The molecule has 1 atom stereocenters. The Labute approximate surface area is 131 Å². The molecule has 3 rings (SSSR count). The van der Waals surface area contributed by atoms with Crippen LogP contribution in [-0.4, -0.2) is 29.9 Å². The molecule has 1 saturated carbocycles. The highest BCUT2D eigenvalue weighted by molar-refractivity contribution is 5.89. The van der Waals surface area contributed by atoms with E-state index in [1.807, 2.05) is 24.0 Å². The third-order valence-electron chi connectivity index (χ3n) is 4.26. The van der Waals surface area contributed by atoms with Crippen molar-refractivity contribution in [3.63, 3.8) is 0 Å². The van der Waals surface area contributed by atoms with Gasteiger partial charge < -0.3 is 10.2 Å². The van der Waals surface area contributed by atoms with E-state index in [1.165, 1.54) is 18.4 Å². The second kappa shape index (κ2) is 6.07. The minimum absolute atomic E-state index is 0.153. The van der Waals surface area contributed by atoms with Gasteiger partial charge in [-0.05, 0) is 51.2 Å². The van der Waals surface area contributed by atoms with Crippen molar-refractivity contribution in [1.82, 2.24) is 10.2 Å². The van der Waals surface area contributed by atoms with Gasteiger partial charge in [0, 0.05) is 11.6 Å². The molecule has 0 unspecified atom stereocenters. The molecule has 0 bridgehead atoms. The average molecular weight is 302 g/mol. The van der Waals surface area contributed by atoms with Gasteiger partial charge >= 0.3 is 0 Å². The van der Waals surface area contributed by atoms with Gasteiger partial charge in [-0.15, -0.1) is 0 Å². The topological polar surface area (TPSA) is 40.0 Å². The Balaban J connectivity index is 1.69. The van der Waals surface area contributed by atoms with Gasteiger partial charge in [-0.2, -0.15) is 0 Å². The summed E-state index contributed by atoms with van der Waals surface area (Å²) in [5.41, 5.74) is 1.93. The van der Waals surface area contributed by atoms with Crippen molar-refractivity contribution in [2.45, 2.75) is 51.6 Å². The number of hydrogen-bond acceptors (Lipinski definition) is 4. The number of hydrogen-bond donors (Lipinski definition) is 1. The normalized spacial score (nSPS) is 19.3. The first-order valence-electron chi connectivity index (χ1n) is 7.95. The second-order valence-electron chi connectivity index (χ2n) is 6.40. The molecule has 1 aromatic rings. The quantitative estimate of drug-likeness (QED) is 0.925. The molecule has 0 radical (unpaired) electrons. The zero-order valence-corrected chi connectivity index (χ0v) is 13.4. The smallest absolute Gasteiger partial charge is 0.221 e. The van der Waals surface area contributed by atoms with Crippen molar-refractivity contribution >= 4 is 12.3 Å². The predicted octanol–water partition coefficient (Wildman–Crippen LogP) is 3.42. The zero-order valence-electron chi connectivity index (χ0n) is 13.4. The van der Waals surface area contributed by atoms with Gasteiger partial charge in [-0.3, -0.25) is 0 Å². The largest absolute Gasteiger partial charge is 0.348 e. The lowest BCUT2D eigenvalue weighted by molar-refractivity contribution is 0.366. The Morgan fingerprint density at radius 3 is 2.64 bits per heavy atom. The van der Waals surface area contributed by atoms with Gasteiger partial charge in [-0.25, -0.2) is 14.4 Å². The Morgan fingerprint density at radius 2 is 2.05 bits per heavy atom. The van der Waals surface area contributed by atoms with Crippen LogP contribution in [0.2, 0.25) is 0 Å². The molecule has 118 valence electrons. The minimum Gasteiger partial charge on any atom is -0.348 e. The highest BCUT2D eigenvalue weighted by Crippen LogP contribution is 2.40. The van der Waals surface area contributed by atoms with Crippen LogP contribution in [0.5, 0.6) is 0 Å². The highest BCUT2D eigenvalue weighted by atomic mass is 19.1. The standard InChI is InChI=1S/C17H23FN4/c1-11(2)22-9-19-17(20-10-22)21-12(3)15-8-14(13-4-5-13)6-7-16(15)18/h6-9,11-13H,4-5,10H2,1-3H3,(H,20,21)/t12-/m0/s1. The first-order chi connectivity index (χ1) is 10.5. The first kappa shape index (κ1) is 15.0. The van der Waals surface area contributed by atoms with E-state index in [-0.39, 0.29) is 11.9 Å².